The van der Waals surface area contributed by atoms with E-state index in [2.05, 4.69) is 0 Å². The molecule has 2 atom stereocenters. The van der Waals surface area contributed by atoms with Gasteiger partial charge >= 0.3 is 0 Å². The van der Waals surface area contributed by atoms with Crippen molar-refractivity contribution in [3.05, 3.63) is 0 Å². The Hall–Kier alpha value is -0.650. The number of hydrogen-bond donors (Lipinski definition) is 2. The van der Waals surface area contributed by atoms with Crippen molar-refractivity contribution in [2.45, 2.75) is 45.3 Å². The maximum atomic E-state index is 12.2. The number of rotatable bonds is 5. The van der Waals surface area contributed by atoms with Gasteiger partial charge in [0.15, 0.2) is 0 Å². The Labute approximate surface area is 109 Å². The minimum atomic E-state index is -0.397. The van der Waals surface area contributed by atoms with Crippen LogP contribution in [0.5, 0.6) is 0 Å². The van der Waals surface area contributed by atoms with Crippen LogP contribution in [0, 0.1) is 5.92 Å². The number of carbonyl (C=O) groups is 1. The topological polar surface area (TPSA) is 75.8 Å². The molecule has 0 spiro atoms. The summed E-state index contributed by atoms with van der Waals surface area (Å²) in [6.07, 6.45) is 1.12. The van der Waals surface area contributed by atoms with E-state index in [0.29, 0.717) is 26.1 Å². The molecule has 3 N–H and O–H groups in total. The van der Waals surface area contributed by atoms with Gasteiger partial charge in [0.2, 0.25) is 5.91 Å². The fraction of sp³-hybridized carbons (Fsp3) is 0.923. The van der Waals surface area contributed by atoms with Gasteiger partial charge in [-0.15, -0.1) is 0 Å². The number of aliphatic hydroxyl groups is 1. The van der Waals surface area contributed by atoms with Crippen LogP contribution in [0.25, 0.3) is 0 Å². The molecule has 5 heteroatoms. The molecule has 2 unspecified atom stereocenters. The minimum Gasteiger partial charge on any atom is -0.394 e. The van der Waals surface area contributed by atoms with E-state index in [-0.39, 0.29) is 24.5 Å². The van der Waals surface area contributed by atoms with Crippen LogP contribution in [0.4, 0.5) is 0 Å². The van der Waals surface area contributed by atoms with Crippen LogP contribution in [-0.2, 0) is 9.53 Å². The highest BCUT2D eigenvalue weighted by atomic mass is 16.5. The van der Waals surface area contributed by atoms with E-state index < -0.39 is 5.60 Å². The van der Waals surface area contributed by atoms with Crippen molar-refractivity contribution in [1.29, 1.82) is 0 Å². The summed E-state index contributed by atoms with van der Waals surface area (Å²) in [5, 5.41) is 9.21. The second-order valence-electron chi connectivity index (χ2n) is 5.67. The normalized spacial score (nSPS) is 24.9. The molecule has 1 saturated heterocycles. The molecule has 1 heterocycles. The van der Waals surface area contributed by atoms with Crippen LogP contribution in [0.15, 0.2) is 0 Å². The summed E-state index contributed by atoms with van der Waals surface area (Å²) in [7, 11) is 0. The van der Waals surface area contributed by atoms with Crippen molar-refractivity contribution in [3.8, 4) is 0 Å². The van der Waals surface area contributed by atoms with E-state index in [4.69, 9.17) is 10.5 Å². The third kappa shape index (κ3) is 4.23. The van der Waals surface area contributed by atoms with E-state index in [1.807, 2.05) is 20.8 Å². The second-order valence-corrected chi connectivity index (χ2v) is 5.67. The Balaban J connectivity index is 2.61. The molecule has 18 heavy (non-hydrogen) atoms. The van der Waals surface area contributed by atoms with Crippen LogP contribution in [0.3, 0.4) is 0 Å². The quantitative estimate of drug-likeness (QED) is 0.746. The molecule has 1 rings (SSSR count). The minimum absolute atomic E-state index is 0.0543. The van der Waals surface area contributed by atoms with Crippen LogP contribution >= 0.6 is 0 Å². The molecule has 0 aromatic carbocycles. The Morgan fingerprint density at radius 3 is 2.78 bits per heavy atom. The summed E-state index contributed by atoms with van der Waals surface area (Å²) in [5.41, 5.74) is 5.24. The number of nitrogens with zero attached hydrogens (tertiary/aromatic N) is 1. The summed E-state index contributed by atoms with van der Waals surface area (Å²) in [6.45, 7) is 7.46. The first-order valence-electron chi connectivity index (χ1n) is 6.68. The van der Waals surface area contributed by atoms with Crippen LogP contribution < -0.4 is 5.73 Å². The maximum Gasteiger partial charge on any atom is 0.223 e. The van der Waals surface area contributed by atoms with Crippen LogP contribution in [0.1, 0.15) is 33.6 Å². The summed E-state index contributed by atoms with van der Waals surface area (Å²) >= 11 is 0. The van der Waals surface area contributed by atoms with E-state index in [0.717, 1.165) is 6.42 Å². The molecule has 0 radical (unpaired) electrons. The number of nitrogens with two attached hydrogens (primary N) is 1. The van der Waals surface area contributed by atoms with Crippen molar-refractivity contribution in [3.63, 3.8) is 0 Å². The number of morpholine rings is 1. The van der Waals surface area contributed by atoms with Gasteiger partial charge in [-0.2, -0.15) is 0 Å². The largest absolute Gasteiger partial charge is 0.394 e. The molecular formula is C13H26N2O3. The highest BCUT2D eigenvalue weighted by molar-refractivity contribution is 5.76. The summed E-state index contributed by atoms with van der Waals surface area (Å²) in [6, 6.07) is 0. The van der Waals surface area contributed by atoms with E-state index in [9.17, 15) is 9.90 Å². The second kappa shape index (κ2) is 6.50. The van der Waals surface area contributed by atoms with Crippen molar-refractivity contribution in [2.75, 3.05) is 26.2 Å². The molecule has 0 saturated carbocycles. The molecule has 1 aliphatic rings. The van der Waals surface area contributed by atoms with Gasteiger partial charge in [-0.1, -0.05) is 13.3 Å². The van der Waals surface area contributed by atoms with E-state index in [1.165, 1.54) is 0 Å². The first kappa shape index (κ1) is 15.4. The number of hydrogen-bond acceptors (Lipinski definition) is 4. The predicted molar refractivity (Wildman–Crippen MR) is 70.1 cm³/mol. The molecule has 0 aromatic rings. The summed E-state index contributed by atoms with van der Waals surface area (Å²) in [4.78, 5) is 14.0. The zero-order chi connectivity index (χ0) is 13.8. The zero-order valence-electron chi connectivity index (χ0n) is 11.7. The van der Waals surface area contributed by atoms with Gasteiger partial charge in [0.1, 0.15) is 0 Å². The van der Waals surface area contributed by atoms with Gasteiger partial charge in [-0.05, 0) is 26.3 Å². The van der Waals surface area contributed by atoms with E-state index in [1.54, 1.807) is 4.90 Å². The number of carbonyl (C=O) groups excluding carboxylic acids is 1. The van der Waals surface area contributed by atoms with Crippen molar-refractivity contribution in [2.24, 2.45) is 11.7 Å². The Morgan fingerprint density at radius 1 is 1.61 bits per heavy atom. The molecule has 0 bridgehead atoms. The predicted octanol–water partition coefficient (Wildman–Crippen LogP) is 0.360. The van der Waals surface area contributed by atoms with Gasteiger partial charge < -0.3 is 20.5 Å². The van der Waals surface area contributed by atoms with Crippen molar-refractivity contribution >= 4 is 5.91 Å². The lowest BCUT2D eigenvalue weighted by atomic mass is 10.00. The number of ether oxygens (including phenoxy) is 1. The Morgan fingerprint density at radius 2 is 2.28 bits per heavy atom. The average molecular weight is 258 g/mol. The average Bonchev–Trinajstić information content (AvgIpc) is 2.33. The lowest BCUT2D eigenvalue weighted by molar-refractivity contribution is -0.167. The third-order valence-corrected chi connectivity index (χ3v) is 3.41. The van der Waals surface area contributed by atoms with Gasteiger partial charge in [-0.3, -0.25) is 4.79 Å². The Kier molecular flexibility index (Phi) is 5.56. The molecular weight excluding hydrogens is 232 g/mol. The van der Waals surface area contributed by atoms with Crippen LogP contribution in [-0.4, -0.2) is 53.9 Å². The first-order chi connectivity index (χ1) is 8.41. The third-order valence-electron chi connectivity index (χ3n) is 3.41. The van der Waals surface area contributed by atoms with Crippen molar-refractivity contribution < 1.29 is 14.6 Å². The van der Waals surface area contributed by atoms with Crippen molar-refractivity contribution in [1.82, 2.24) is 4.90 Å². The van der Waals surface area contributed by atoms with Gasteiger partial charge in [-0.25, -0.2) is 0 Å². The Bertz CT molecular complexity index is 277. The standard InChI is InChI=1S/C13H26N2O3/c1-4-10(6-14)5-12(17)15-7-11(8-16)18-13(2,3)9-15/h10-11,16H,4-9,14H2,1-3H3. The van der Waals surface area contributed by atoms with Gasteiger partial charge in [0.25, 0.3) is 0 Å². The first-order valence-corrected chi connectivity index (χ1v) is 6.68. The maximum absolute atomic E-state index is 12.2. The lowest BCUT2D eigenvalue weighted by Gasteiger charge is -2.42. The summed E-state index contributed by atoms with van der Waals surface area (Å²) < 4.78 is 5.69. The van der Waals surface area contributed by atoms with Gasteiger partial charge in [0.05, 0.1) is 18.3 Å². The highest BCUT2D eigenvalue weighted by Gasteiger charge is 2.35. The smallest absolute Gasteiger partial charge is 0.223 e. The van der Waals surface area contributed by atoms with Crippen LogP contribution in [0.2, 0.25) is 0 Å². The molecule has 0 aliphatic carbocycles. The van der Waals surface area contributed by atoms with Gasteiger partial charge in [0, 0.05) is 19.5 Å². The zero-order valence-corrected chi connectivity index (χ0v) is 11.7. The fourth-order valence-electron chi connectivity index (χ4n) is 2.35. The molecule has 1 aliphatic heterocycles. The number of aliphatic hydroxyl groups excluding tert-OH is 1. The molecule has 1 amide bonds. The SMILES string of the molecule is CCC(CN)CC(=O)N1CC(CO)OC(C)(C)C1. The monoisotopic (exact) mass is 258 g/mol. The van der Waals surface area contributed by atoms with E-state index >= 15 is 0 Å². The highest BCUT2D eigenvalue weighted by Crippen LogP contribution is 2.22. The molecule has 5 nitrogen and oxygen atoms in total. The fourth-order valence-corrected chi connectivity index (χ4v) is 2.35. The summed E-state index contributed by atoms with van der Waals surface area (Å²) in [5.74, 6) is 0.359. The number of amides is 1. The molecule has 0 aromatic heterocycles. The molecule has 1 fully saturated rings. The molecule has 106 valence electrons. The lowest BCUT2D eigenvalue weighted by Crippen LogP contribution is -2.55.